The lowest BCUT2D eigenvalue weighted by molar-refractivity contribution is -0.116. The largest absolute Gasteiger partial charge is 0.335 e. The molecule has 1 saturated heterocycles. The van der Waals surface area contributed by atoms with Crippen molar-refractivity contribution >= 4 is 17.5 Å². The summed E-state index contributed by atoms with van der Waals surface area (Å²) < 4.78 is 0. The first-order chi connectivity index (χ1) is 13.6. The molecule has 2 aliphatic heterocycles. The van der Waals surface area contributed by atoms with Gasteiger partial charge in [-0.15, -0.1) is 0 Å². The molecule has 0 spiro atoms. The highest BCUT2D eigenvalue weighted by atomic mass is 16.2. The molecule has 2 amide bonds. The first-order valence-electron chi connectivity index (χ1n) is 10.4. The molecule has 1 fully saturated rings. The SMILES string of the molecule is CC[C@H](c1ccccc1)[C@@H]1CCCN1C(=O)c1ccc2c(c1)CCN2C(C)=O. The van der Waals surface area contributed by atoms with Gasteiger partial charge in [-0.3, -0.25) is 9.59 Å². The Hall–Kier alpha value is -2.62. The number of hydrogen-bond donors (Lipinski definition) is 0. The van der Waals surface area contributed by atoms with E-state index in [-0.39, 0.29) is 17.9 Å². The lowest BCUT2D eigenvalue weighted by atomic mass is 9.87. The molecular formula is C24H28N2O2. The zero-order chi connectivity index (χ0) is 19.7. The molecule has 0 N–H and O–H groups in total. The second-order valence-corrected chi connectivity index (χ2v) is 7.90. The van der Waals surface area contributed by atoms with E-state index in [4.69, 9.17) is 0 Å². The molecule has 0 unspecified atom stereocenters. The van der Waals surface area contributed by atoms with Gasteiger partial charge in [0.05, 0.1) is 0 Å². The van der Waals surface area contributed by atoms with Crippen LogP contribution in [-0.2, 0) is 11.2 Å². The van der Waals surface area contributed by atoms with Crippen LogP contribution >= 0.6 is 0 Å². The Morgan fingerprint density at radius 3 is 2.61 bits per heavy atom. The quantitative estimate of drug-likeness (QED) is 0.794. The van der Waals surface area contributed by atoms with Gasteiger partial charge in [-0.1, -0.05) is 37.3 Å². The van der Waals surface area contributed by atoms with E-state index in [1.165, 1.54) is 5.56 Å². The number of benzene rings is 2. The Balaban J connectivity index is 1.58. The van der Waals surface area contributed by atoms with Gasteiger partial charge in [-0.2, -0.15) is 0 Å². The number of rotatable bonds is 4. The first-order valence-corrected chi connectivity index (χ1v) is 10.4. The van der Waals surface area contributed by atoms with Gasteiger partial charge in [-0.25, -0.2) is 0 Å². The molecule has 0 radical (unpaired) electrons. The van der Waals surface area contributed by atoms with E-state index in [0.717, 1.165) is 49.0 Å². The van der Waals surface area contributed by atoms with E-state index in [0.29, 0.717) is 12.5 Å². The molecule has 2 heterocycles. The van der Waals surface area contributed by atoms with Crippen molar-refractivity contribution in [2.75, 3.05) is 18.0 Å². The lowest BCUT2D eigenvalue weighted by Crippen LogP contribution is -2.39. The van der Waals surface area contributed by atoms with Crippen LogP contribution in [0.2, 0.25) is 0 Å². The summed E-state index contributed by atoms with van der Waals surface area (Å²) in [6.45, 7) is 5.34. The minimum atomic E-state index is 0.0612. The van der Waals surface area contributed by atoms with Crippen molar-refractivity contribution in [2.45, 2.75) is 51.5 Å². The van der Waals surface area contributed by atoms with Gasteiger partial charge < -0.3 is 9.80 Å². The van der Waals surface area contributed by atoms with Crippen LogP contribution in [0.15, 0.2) is 48.5 Å². The summed E-state index contributed by atoms with van der Waals surface area (Å²) in [4.78, 5) is 29.0. The van der Waals surface area contributed by atoms with E-state index >= 15 is 0 Å². The maximum absolute atomic E-state index is 13.4. The van der Waals surface area contributed by atoms with Gasteiger partial charge in [0.25, 0.3) is 5.91 Å². The molecular weight excluding hydrogens is 348 g/mol. The van der Waals surface area contributed by atoms with Crippen molar-refractivity contribution in [3.8, 4) is 0 Å². The fourth-order valence-electron chi connectivity index (χ4n) is 4.92. The highest BCUT2D eigenvalue weighted by molar-refractivity contribution is 5.98. The Morgan fingerprint density at radius 1 is 1.11 bits per heavy atom. The van der Waals surface area contributed by atoms with E-state index in [1.54, 1.807) is 11.8 Å². The van der Waals surface area contributed by atoms with Crippen LogP contribution in [0.4, 0.5) is 5.69 Å². The van der Waals surface area contributed by atoms with Crippen LogP contribution in [0, 0.1) is 0 Å². The highest BCUT2D eigenvalue weighted by Crippen LogP contribution is 2.35. The van der Waals surface area contributed by atoms with Gasteiger partial charge in [0.1, 0.15) is 0 Å². The molecule has 4 rings (SSSR count). The minimum Gasteiger partial charge on any atom is -0.335 e. The third-order valence-electron chi connectivity index (χ3n) is 6.29. The number of fused-ring (bicyclic) bond motifs is 1. The number of likely N-dealkylation sites (tertiary alicyclic amines) is 1. The molecule has 4 nitrogen and oxygen atoms in total. The van der Waals surface area contributed by atoms with E-state index < -0.39 is 0 Å². The second-order valence-electron chi connectivity index (χ2n) is 7.90. The number of anilines is 1. The summed E-state index contributed by atoms with van der Waals surface area (Å²) in [5.41, 5.74) is 4.13. The molecule has 2 aromatic rings. The summed E-state index contributed by atoms with van der Waals surface area (Å²) >= 11 is 0. The first kappa shape index (κ1) is 18.7. The van der Waals surface area contributed by atoms with Crippen molar-refractivity contribution < 1.29 is 9.59 Å². The van der Waals surface area contributed by atoms with Crippen LogP contribution < -0.4 is 4.90 Å². The third kappa shape index (κ3) is 3.32. The second kappa shape index (κ2) is 7.78. The average molecular weight is 377 g/mol. The molecule has 28 heavy (non-hydrogen) atoms. The van der Waals surface area contributed by atoms with E-state index in [9.17, 15) is 9.59 Å². The zero-order valence-corrected chi connectivity index (χ0v) is 16.7. The summed E-state index contributed by atoms with van der Waals surface area (Å²) in [6, 6.07) is 16.7. The third-order valence-corrected chi connectivity index (χ3v) is 6.29. The monoisotopic (exact) mass is 376 g/mol. The summed E-state index contributed by atoms with van der Waals surface area (Å²) in [5.74, 6) is 0.558. The molecule has 0 bridgehead atoms. The van der Waals surface area contributed by atoms with Crippen molar-refractivity contribution in [3.63, 3.8) is 0 Å². The Bertz CT molecular complexity index is 877. The van der Waals surface area contributed by atoms with Gasteiger partial charge >= 0.3 is 0 Å². The van der Waals surface area contributed by atoms with Gasteiger partial charge in [0, 0.05) is 43.2 Å². The maximum Gasteiger partial charge on any atom is 0.254 e. The van der Waals surface area contributed by atoms with E-state index in [2.05, 4.69) is 36.1 Å². The van der Waals surface area contributed by atoms with Crippen LogP contribution in [0.25, 0.3) is 0 Å². The molecule has 0 aromatic heterocycles. The summed E-state index contributed by atoms with van der Waals surface area (Å²) in [5, 5.41) is 0. The van der Waals surface area contributed by atoms with E-state index in [1.807, 2.05) is 24.3 Å². The standard InChI is InChI=1S/C24H28N2O2/c1-3-21(18-8-5-4-6-9-18)23-10-7-14-26(23)24(28)20-11-12-22-19(16-20)13-15-25(22)17(2)27/h4-6,8-9,11-12,16,21,23H,3,7,10,13-15H2,1-2H3/t21-,23+/m1/s1. The topological polar surface area (TPSA) is 40.6 Å². The van der Waals surface area contributed by atoms with Crippen LogP contribution in [0.5, 0.6) is 0 Å². The molecule has 2 atom stereocenters. The summed E-state index contributed by atoms with van der Waals surface area (Å²) in [6.07, 6.45) is 3.96. The van der Waals surface area contributed by atoms with Crippen molar-refractivity contribution in [1.82, 2.24) is 4.90 Å². The van der Waals surface area contributed by atoms with Crippen LogP contribution in [0.1, 0.15) is 60.5 Å². The fourth-order valence-corrected chi connectivity index (χ4v) is 4.92. The average Bonchev–Trinajstić information content (AvgIpc) is 3.35. The van der Waals surface area contributed by atoms with Crippen molar-refractivity contribution in [2.24, 2.45) is 0 Å². The minimum absolute atomic E-state index is 0.0612. The lowest BCUT2D eigenvalue weighted by Gasteiger charge is -2.32. The normalized spacial score (nSPS) is 19.6. The number of carbonyl (C=O) groups excluding carboxylic acids is 2. The van der Waals surface area contributed by atoms with Gasteiger partial charge in [0.2, 0.25) is 5.91 Å². The van der Waals surface area contributed by atoms with Crippen molar-refractivity contribution in [1.29, 1.82) is 0 Å². The zero-order valence-electron chi connectivity index (χ0n) is 16.7. The number of nitrogens with zero attached hydrogens (tertiary/aromatic N) is 2. The molecule has 0 saturated carbocycles. The van der Waals surface area contributed by atoms with Crippen LogP contribution in [0.3, 0.4) is 0 Å². The molecule has 0 aliphatic carbocycles. The smallest absolute Gasteiger partial charge is 0.254 e. The van der Waals surface area contributed by atoms with Gasteiger partial charge in [0.15, 0.2) is 0 Å². The predicted molar refractivity (Wildman–Crippen MR) is 112 cm³/mol. The maximum atomic E-state index is 13.4. The molecule has 146 valence electrons. The molecule has 4 heteroatoms. The number of amides is 2. The number of hydrogen-bond acceptors (Lipinski definition) is 2. The van der Waals surface area contributed by atoms with Gasteiger partial charge in [-0.05, 0) is 55.0 Å². The van der Waals surface area contributed by atoms with Crippen LogP contribution in [-0.4, -0.2) is 35.8 Å². The van der Waals surface area contributed by atoms with Crippen molar-refractivity contribution in [3.05, 3.63) is 65.2 Å². The Labute approximate surface area is 167 Å². The summed E-state index contributed by atoms with van der Waals surface area (Å²) in [7, 11) is 0. The predicted octanol–water partition coefficient (Wildman–Crippen LogP) is 4.39. The number of carbonyl (C=O) groups is 2. The Morgan fingerprint density at radius 2 is 1.89 bits per heavy atom. The highest BCUT2D eigenvalue weighted by Gasteiger charge is 2.35. The Kier molecular flexibility index (Phi) is 5.21. The fraction of sp³-hybridized carbons (Fsp3) is 0.417. The molecule has 2 aliphatic rings. The molecule has 2 aromatic carbocycles.